The second-order valence-electron chi connectivity index (χ2n) is 4.98. The van der Waals surface area contributed by atoms with Gasteiger partial charge in [-0.25, -0.2) is 4.39 Å². The number of benzene rings is 2. The molecule has 0 radical (unpaired) electrons. The maximum Gasteiger partial charge on any atom is 0.251 e. The first-order valence-electron chi connectivity index (χ1n) is 7.18. The molecular formula is C17H16FNO4. The normalized spacial score (nSPS) is 12.6. The van der Waals surface area contributed by atoms with Crippen molar-refractivity contribution in [3.63, 3.8) is 0 Å². The standard InChI is InChI=1S/C17H16FNO4/c1-21-14-8-12(9-15-16(14)23-7-6-22-15)17(20)19-10-11-4-2-3-5-13(11)18/h2-5,8-9H,6-7,10H2,1H3,(H,19,20). The largest absolute Gasteiger partial charge is 0.493 e. The molecule has 0 spiro atoms. The summed E-state index contributed by atoms with van der Waals surface area (Å²) in [5.74, 6) is 0.686. The summed E-state index contributed by atoms with van der Waals surface area (Å²) in [5, 5.41) is 2.68. The van der Waals surface area contributed by atoms with Gasteiger partial charge in [0, 0.05) is 17.7 Å². The fourth-order valence-electron chi connectivity index (χ4n) is 2.32. The first-order valence-corrected chi connectivity index (χ1v) is 7.18. The summed E-state index contributed by atoms with van der Waals surface area (Å²) < 4.78 is 29.8. The Morgan fingerprint density at radius 2 is 2.04 bits per heavy atom. The predicted molar refractivity (Wildman–Crippen MR) is 81.6 cm³/mol. The van der Waals surface area contributed by atoms with Crippen LogP contribution in [0.15, 0.2) is 36.4 Å². The van der Waals surface area contributed by atoms with Crippen LogP contribution in [0.25, 0.3) is 0 Å². The highest BCUT2D eigenvalue weighted by molar-refractivity contribution is 5.95. The molecule has 2 aromatic rings. The zero-order valence-corrected chi connectivity index (χ0v) is 12.6. The molecule has 0 aliphatic carbocycles. The molecule has 3 rings (SSSR count). The maximum absolute atomic E-state index is 13.6. The van der Waals surface area contributed by atoms with E-state index in [1.165, 1.54) is 13.2 Å². The Hall–Kier alpha value is -2.76. The van der Waals surface area contributed by atoms with Gasteiger partial charge in [0.15, 0.2) is 11.5 Å². The average Bonchev–Trinajstić information content (AvgIpc) is 2.59. The molecule has 0 saturated carbocycles. The van der Waals surface area contributed by atoms with E-state index < -0.39 is 0 Å². The topological polar surface area (TPSA) is 56.8 Å². The van der Waals surface area contributed by atoms with Crippen molar-refractivity contribution in [1.82, 2.24) is 5.32 Å². The number of methoxy groups -OCH3 is 1. The van der Waals surface area contributed by atoms with Gasteiger partial charge < -0.3 is 19.5 Å². The van der Waals surface area contributed by atoms with Crippen LogP contribution in [0.1, 0.15) is 15.9 Å². The van der Waals surface area contributed by atoms with Crippen LogP contribution in [0.2, 0.25) is 0 Å². The van der Waals surface area contributed by atoms with Crippen LogP contribution >= 0.6 is 0 Å². The molecule has 23 heavy (non-hydrogen) atoms. The van der Waals surface area contributed by atoms with Crippen molar-refractivity contribution in [2.75, 3.05) is 20.3 Å². The van der Waals surface area contributed by atoms with Crippen molar-refractivity contribution in [3.05, 3.63) is 53.3 Å². The third-order valence-corrected chi connectivity index (χ3v) is 3.49. The monoisotopic (exact) mass is 317 g/mol. The van der Waals surface area contributed by atoms with Crippen molar-refractivity contribution in [1.29, 1.82) is 0 Å². The van der Waals surface area contributed by atoms with E-state index in [1.54, 1.807) is 30.3 Å². The number of ether oxygens (including phenoxy) is 3. The molecule has 5 nitrogen and oxygen atoms in total. The molecule has 1 N–H and O–H groups in total. The van der Waals surface area contributed by atoms with Gasteiger partial charge in [0.1, 0.15) is 19.0 Å². The molecule has 0 atom stereocenters. The van der Waals surface area contributed by atoms with Gasteiger partial charge >= 0.3 is 0 Å². The molecule has 1 aliphatic heterocycles. The Balaban J connectivity index is 1.78. The third-order valence-electron chi connectivity index (χ3n) is 3.49. The lowest BCUT2D eigenvalue weighted by Crippen LogP contribution is -2.24. The average molecular weight is 317 g/mol. The van der Waals surface area contributed by atoms with Gasteiger partial charge in [0.2, 0.25) is 5.75 Å². The van der Waals surface area contributed by atoms with E-state index in [1.807, 2.05) is 0 Å². The Morgan fingerprint density at radius 1 is 1.26 bits per heavy atom. The Bertz CT molecular complexity index is 715. The molecule has 0 aromatic heterocycles. The number of carbonyl (C=O) groups excluding carboxylic acids is 1. The Kier molecular flexibility index (Phi) is 4.32. The molecule has 0 unspecified atom stereocenters. The highest BCUT2D eigenvalue weighted by atomic mass is 19.1. The van der Waals surface area contributed by atoms with Gasteiger partial charge in [-0.2, -0.15) is 0 Å². The molecule has 1 amide bonds. The van der Waals surface area contributed by atoms with Crippen LogP contribution in [0.3, 0.4) is 0 Å². The number of halogens is 1. The molecular weight excluding hydrogens is 301 g/mol. The van der Waals surface area contributed by atoms with E-state index >= 15 is 0 Å². The van der Waals surface area contributed by atoms with Crippen LogP contribution < -0.4 is 19.5 Å². The van der Waals surface area contributed by atoms with Crippen LogP contribution in [-0.2, 0) is 6.54 Å². The first-order chi connectivity index (χ1) is 11.2. The zero-order valence-electron chi connectivity index (χ0n) is 12.6. The van der Waals surface area contributed by atoms with E-state index in [4.69, 9.17) is 14.2 Å². The van der Waals surface area contributed by atoms with Crippen molar-refractivity contribution in [3.8, 4) is 17.2 Å². The maximum atomic E-state index is 13.6. The predicted octanol–water partition coefficient (Wildman–Crippen LogP) is 2.54. The number of carbonyl (C=O) groups is 1. The van der Waals surface area contributed by atoms with E-state index in [9.17, 15) is 9.18 Å². The minimum atomic E-state index is -0.354. The molecule has 0 fully saturated rings. The van der Waals surface area contributed by atoms with Crippen molar-refractivity contribution < 1.29 is 23.4 Å². The summed E-state index contributed by atoms with van der Waals surface area (Å²) in [4.78, 5) is 12.3. The minimum Gasteiger partial charge on any atom is -0.493 e. The lowest BCUT2D eigenvalue weighted by atomic mass is 10.1. The SMILES string of the molecule is COc1cc(C(=O)NCc2ccccc2F)cc2c1OCCO2. The van der Waals surface area contributed by atoms with Crippen LogP contribution in [0, 0.1) is 5.82 Å². The van der Waals surface area contributed by atoms with Crippen LogP contribution in [0.5, 0.6) is 17.2 Å². The number of hydrogen-bond donors (Lipinski definition) is 1. The van der Waals surface area contributed by atoms with Crippen LogP contribution in [-0.4, -0.2) is 26.2 Å². The van der Waals surface area contributed by atoms with Gasteiger partial charge in [-0.1, -0.05) is 18.2 Å². The second-order valence-corrected chi connectivity index (χ2v) is 4.98. The number of hydrogen-bond acceptors (Lipinski definition) is 4. The Labute approximate surface area is 133 Å². The van der Waals surface area contributed by atoms with E-state index in [0.717, 1.165) is 0 Å². The number of nitrogens with one attached hydrogen (secondary N) is 1. The van der Waals surface area contributed by atoms with E-state index in [0.29, 0.717) is 41.6 Å². The van der Waals surface area contributed by atoms with Gasteiger partial charge in [0.25, 0.3) is 5.91 Å². The molecule has 0 saturated heterocycles. The van der Waals surface area contributed by atoms with Crippen LogP contribution in [0.4, 0.5) is 4.39 Å². The van der Waals surface area contributed by atoms with Gasteiger partial charge in [-0.15, -0.1) is 0 Å². The second kappa shape index (κ2) is 6.56. The van der Waals surface area contributed by atoms with Crippen molar-refractivity contribution in [2.45, 2.75) is 6.54 Å². The number of amides is 1. The Morgan fingerprint density at radius 3 is 2.83 bits per heavy atom. The minimum absolute atomic E-state index is 0.0995. The molecule has 1 aliphatic rings. The molecule has 0 bridgehead atoms. The van der Waals surface area contributed by atoms with Gasteiger partial charge in [0.05, 0.1) is 7.11 Å². The van der Waals surface area contributed by atoms with Gasteiger partial charge in [-0.3, -0.25) is 4.79 Å². The number of fused-ring (bicyclic) bond motifs is 1. The van der Waals surface area contributed by atoms with Gasteiger partial charge in [-0.05, 0) is 18.2 Å². The lowest BCUT2D eigenvalue weighted by molar-refractivity contribution is 0.0948. The summed E-state index contributed by atoms with van der Waals surface area (Å²) in [5.41, 5.74) is 0.785. The lowest BCUT2D eigenvalue weighted by Gasteiger charge is -2.21. The van der Waals surface area contributed by atoms with Crippen molar-refractivity contribution >= 4 is 5.91 Å². The fourth-order valence-corrected chi connectivity index (χ4v) is 2.32. The molecule has 1 heterocycles. The summed E-state index contributed by atoms with van der Waals surface area (Å²) in [6.07, 6.45) is 0. The summed E-state index contributed by atoms with van der Waals surface area (Å²) in [6, 6.07) is 9.47. The van der Waals surface area contributed by atoms with E-state index in [2.05, 4.69) is 5.32 Å². The quantitative estimate of drug-likeness (QED) is 0.941. The zero-order chi connectivity index (χ0) is 16.2. The summed E-state index contributed by atoms with van der Waals surface area (Å²) in [7, 11) is 1.49. The summed E-state index contributed by atoms with van der Waals surface area (Å²) in [6.45, 7) is 0.945. The molecule has 6 heteroatoms. The van der Waals surface area contributed by atoms with Crippen molar-refractivity contribution in [2.24, 2.45) is 0 Å². The smallest absolute Gasteiger partial charge is 0.251 e. The summed E-state index contributed by atoms with van der Waals surface area (Å²) >= 11 is 0. The molecule has 2 aromatic carbocycles. The highest BCUT2D eigenvalue weighted by Crippen LogP contribution is 2.40. The third kappa shape index (κ3) is 3.21. The first kappa shape index (κ1) is 15.1. The fraction of sp³-hybridized carbons (Fsp3) is 0.235. The highest BCUT2D eigenvalue weighted by Gasteiger charge is 2.20. The molecule has 120 valence electrons. The van der Waals surface area contributed by atoms with E-state index in [-0.39, 0.29) is 18.3 Å². The number of rotatable bonds is 4.